The predicted octanol–water partition coefficient (Wildman–Crippen LogP) is 3.78. The van der Waals surface area contributed by atoms with Gasteiger partial charge in [-0.3, -0.25) is 19.2 Å². The van der Waals surface area contributed by atoms with E-state index in [0.717, 1.165) is 10.0 Å². The maximum Gasteiger partial charge on any atom is 0.273 e. The molecule has 1 atom stereocenters. The number of rotatable bonds is 6. The Kier molecular flexibility index (Phi) is 6.43. The second-order valence-electron chi connectivity index (χ2n) is 6.65. The summed E-state index contributed by atoms with van der Waals surface area (Å²) in [6.07, 6.45) is -0.0686. The van der Waals surface area contributed by atoms with Gasteiger partial charge in [0.15, 0.2) is 5.78 Å². The number of halogens is 2. The zero-order valence-corrected chi connectivity index (χ0v) is 17.7. The molecular weight excluding hydrogens is 431 g/mol. The number of nitrogens with zero attached hydrogens (tertiary/aromatic N) is 2. The molecule has 0 radical (unpaired) electrons. The number of carbonyl (C=O) groups excluding carboxylic acids is 4. The molecule has 0 spiro atoms. The highest BCUT2D eigenvalue weighted by molar-refractivity contribution is 6.42. The molecule has 0 bridgehead atoms. The summed E-state index contributed by atoms with van der Waals surface area (Å²) in [4.78, 5) is 51.1. The van der Waals surface area contributed by atoms with Crippen LogP contribution < -0.4 is 4.74 Å². The number of hydrogen-bond acceptors (Lipinski definition) is 5. The summed E-state index contributed by atoms with van der Waals surface area (Å²) in [6, 6.07) is 9.35. The number of hydrazine groups is 1. The van der Waals surface area contributed by atoms with Crippen molar-refractivity contribution in [3.05, 3.63) is 63.6 Å². The molecule has 7 nitrogen and oxygen atoms in total. The number of ketones is 1. The van der Waals surface area contributed by atoms with E-state index in [0.29, 0.717) is 11.3 Å². The van der Waals surface area contributed by atoms with Crippen LogP contribution in [0.15, 0.2) is 42.5 Å². The maximum absolute atomic E-state index is 13.3. The SMILES string of the molecule is COc1ccc(C(=O)[C@@H](C)N(C(=O)c2ccc(Cl)c(Cl)c2)N2C(=O)CCC2=O)cc1. The Hall–Kier alpha value is -2.90. The van der Waals surface area contributed by atoms with Crippen molar-refractivity contribution < 1.29 is 23.9 Å². The largest absolute Gasteiger partial charge is 0.497 e. The van der Waals surface area contributed by atoms with E-state index < -0.39 is 29.5 Å². The lowest BCUT2D eigenvalue weighted by atomic mass is 10.0. The van der Waals surface area contributed by atoms with Crippen molar-refractivity contribution >= 4 is 46.7 Å². The van der Waals surface area contributed by atoms with Crippen LogP contribution in [-0.2, 0) is 9.59 Å². The monoisotopic (exact) mass is 448 g/mol. The average Bonchev–Trinajstić information content (AvgIpc) is 3.07. The quantitative estimate of drug-likeness (QED) is 0.495. The molecule has 3 rings (SSSR count). The highest BCUT2D eigenvalue weighted by Gasteiger charge is 2.41. The minimum absolute atomic E-state index is 0.0343. The molecule has 1 saturated heterocycles. The van der Waals surface area contributed by atoms with Gasteiger partial charge < -0.3 is 4.74 Å². The van der Waals surface area contributed by atoms with Crippen LogP contribution in [0.25, 0.3) is 0 Å². The molecule has 0 aromatic heterocycles. The van der Waals surface area contributed by atoms with Crippen molar-refractivity contribution in [2.75, 3.05) is 7.11 Å². The van der Waals surface area contributed by atoms with Gasteiger partial charge in [-0.1, -0.05) is 23.2 Å². The summed E-state index contributed by atoms with van der Waals surface area (Å²) < 4.78 is 5.09. The lowest BCUT2D eigenvalue weighted by Gasteiger charge is -2.34. The number of amides is 3. The van der Waals surface area contributed by atoms with E-state index in [9.17, 15) is 19.2 Å². The summed E-state index contributed by atoms with van der Waals surface area (Å²) in [5.74, 6) is -1.71. The van der Waals surface area contributed by atoms with Crippen LogP contribution in [0.3, 0.4) is 0 Å². The standard InChI is InChI=1S/C21H18Cl2N2O5/c1-12(20(28)13-3-6-15(30-2)7-4-13)24(25-18(26)9-10-19(25)27)21(29)14-5-8-16(22)17(23)11-14/h3-8,11-12H,9-10H2,1-2H3/t12-/m1/s1. The third-order valence-electron chi connectivity index (χ3n) is 4.74. The molecule has 3 amide bonds. The highest BCUT2D eigenvalue weighted by Crippen LogP contribution is 2.26. The molecule has 30 heavy (non-hydrogen) atoms. The molecule has 1 fully saturated rings. The van der Waals surface area contributed by atoms with E-state index in [1.54, 1.807) is 24.3 Å². The molecule has 0 aliphatic carbocycles. The number of imide groups is 1. The second-order valence-corrected chi connectivity index (χ2v) is 7.46. The number of hydrogen-bond donors (Lipinski definition) is 0. The van der Waals surface area contributed by atoms with E-state index in [4.69, 9.17) is 27.9 Å². The third-order valence-corrected chi connectivity index (χ3v) is 5.48. The van der Waals surface area contributed by atoms with E-state index in [-0.39, 0.29) is 28.5 Å². The summed E-state index contributed by atoms with van der Waals surface area (Å²) >= 11 is 11.9. The van der Waals surface area contributed by atoms with Gasteiger partial charge in [0.05, 0.1) is 17.2 Å². The number of Topliss-reactive ketones (excluding diaryl/α,β-unsaturated/α-hetero) is 1. The van der Waals surface area contributed by atoms with Gasteiger partial charge in [0.25, 0.3) is 5.91 Å². The number of benzene rings is 2. The van der Waals surface area contributed by atoms with Crippen LogP contribution in [-0.4, -0.2) is 46.7 Å². The first kappa shape index (κ1) is 21.8. The van der Waals surface area contributed by atoms with Gasteiger partial charge in [0.2, 0.25) is 11.8 Å². The fourth-order valence-electron chi connectivity index (χ4n) is 3.11. The van der Waals surface area contributed by atoms with Gasteiger partial charge >= 0.3 is 0 Å². The molecular formula is C21H18Cl2N2O5. The second kappa shape index (κ2) is 8.85. The zero-order chi connectivity index (χ0) is 22.0. The fraction of sp³-hybridized carbons (Fsp3) is 0.238. The van der Waals surface area contributed by atoms with Crippen molar-refractivity contribution in [1.82, 2.24) is 10.0 Å². The summed E-state index contributed by atoms with van der Waals surface area (Å²) in [7, 11) is 1.50. The molecule has 156 valence electrons. The number of methoxy groups -OCH3 is 1. The molecule has 1 aliphatic rings. The van der Waals surface area contributed by atoms with Crippen molar-refractivity contribution in [3.8, 4) is 5.75 Å². The van der Waals surface area contributed by atoms with Gasteiger partial charge in [0, 0.05) is 24.0 Å². The zero-order valence-electron chi connectivity index (χ0n) is 16.2. The number of ether oxygens (including phenoxy) is 1. The summed E-state index contributed by atoms with van der Waals surface area (Å²) in [5, 5.41) is 2.02. The topological polar surface area (TPSA) is 84.0 Å². The third kappa shape index (κ3) is 4.17. The Morgan fingerprint density at radius 1 is 0.967 bits per heavy atom. The van der Waals surface area contributed by atoms with Gasteiger partial charge in [-0.25, -0.2) is 5.01 Å². The Morgan fingerprint density at radius 3 is 2.07 bits per heavy atom. The fourth-order valence-corrected chi connectivity index (χ4v) is 3.41. The van der Waals surface area contributed by atoms with Crippen molar-refractivity contribution in [2.24, 2.45) is 0 Å². The van der Waals surface area contributed by atoms with E-state index in [1.165, 1.54) is 32.2 Å². The Morgan fingerprint density at radius 2 is 1.53 bits per heavy atom. The van der Waals surface area contributed by atoms with Crippen molar-refractivity contribution in [3.63, 3.8) is 0 Å². The van der Waals surface area contributed by atoms with E-state index >= 15 is 0 Å². The molecule has 0 N–H and O–H groups in total. The Balaban J connectivity index is 2.00. The van der Waals surface area contributed by atoms with Crippen LogP contribution in [0.1, 0.15) is 40.5 Å². The molecule has 0 saturated carbocycles. The Labute approximate surface area is 183 Å². The lowest BCUT2D eigenvalue weighted by Crippen LogP contribution is -2.55. The van der Waals surface area contributed by atoms with Crippen LogP contribution in [0, 0.1) is 0 Å². The smallest absolute Gasteiger partial charge is 0.273 e. The first-order valence-corrected chi connectivity index (χ1v) is 9.82. The van der Waals surface area contributed by atoms with Crippen molar-refractivity contribution in [2.45, 2.75) is 25.8 Å². The minimum Gasteiger partial charge on any atom is -0.497 e. The normalized spacial score (nSPS) is 14.6. The van der Waals surface area contributed by atoms with Crippen LogP contribution >= 0.6 is 23.2 Å². The van der Waals surface area contributed by atoms with Gasteiger partial charge in [-0.15, -0.1) is 0 Å². The molecule has 0 unspecified atom stereocenters. The van der Waals surface area contributed by atoms with Crippen LogP contribution in [0.2, 0.25) is 10.0 Å². The Bertz CT molecular complexity index is 1010. The number of carbonyl (C=O) groups is 4. The molecule has 2 aromatic carbocycles. The molecule has 2 aromatic rings. The molecule has 1 aliphatic heterocycles. The van der Waals surface area contributed by atoms with E-state index in [2.05, 4.69) is 0 Å². The average molecular weight is 449 g/mol. The first-order chi connectivity index (χ1) is 14.2. The molecule has 9 heteroatoms. The lowest BCUT2D eigenvalue weighted by molar-refractivity contribution is -0.154. The van der Waals surface area contributed by atoms with E-state index in [1.807, 2.05) is 0 Å². The van der Waals surface area contributed by atoms with Crippen molar-refractivity contribution in [1.29, 1.82) is 0 Å². The van der Waals surface area contributed by atoms with Crippen LogP contribution in [0.5, 0.6) is 5.75 Å². The first-order valence-electron chi connectivity index (χ1n) is 9.07. The summed E-state index contributed by atoms with van der Waals surface area (Å²) in [5.41, 5.74) is 0.389. The van der Waals surface area contributed by atoms with Gasteiger partial charge in [-0.2, -0.15) is 5.01 Å². The van der Waals surface area contributed by atoms with Gasteiger partial charge in [-0.05, 0) is 49.4 Å². The van der Waals surface area contributed by atoms with Crippen LogP contribution in [0.4, 0.5) is 0 Å². The summed E-state index contributed by atoms with van der Waals surface area (Å²) in [6.45, 7) is 1.46. The van der Waals surface area contributed by atoms with Gasteiger partial charge in [0.1, 0.15) is 11.8 Å². The molecule has 1 heterocycles. The predicted molar refractivity (Wildman–Crippen MR) is 111 cm³/mol. The highest BCUT2D eigenvalue weighted by atomic mass is 35.5. The minimum atomic E-state index is -1.13. The maximum atomic E-state index is 13.3.